The normalized spacial score (nSPS) is 19.1. The highest BCUT2D eigenvalue weighted by atomic mass is 19.1. The molecule has 1 atom stereocenters. The van der Waals surface area contributed by atoms with Gasteiger partial charge in [-0.25, -0.2) is 4.39 Å². The molecule has 1 amide bonds. The van der Waals surface area contributed by atoms with Crippen LogP contribution in [0.1, 0.15) is 38.2 Å². The highest BCUT2D eigenvalue weighted by molar-refractivity contribution is 5.80. The summed E-state index contributed by atoms with van der Waals surface area (Å²) in [6.45, 7) is 1.96. The lowest BCUT2D eigenvalue weighted by Gasteiger charge is -2.30. The van der Waals surface area contributed by atoms with Crippen molar-refractivity contribution in [2.75, 3.05) is 6.54 Å². The van der Waals surface area contributed by atoms with Crippen molar-refractivity contribution < 1.29 is 14.3 Å². The van der Waals surface area contributed by atoms with Gasteiger partial charge in [0.15, 0.2) is 0 Å². The van der Waals surface area contributed by atoms with Gasteiger partial charge >= 0.3 is 0 Å². The van der Waals surface area contributed by atoms with Gasteiger partial charge in [-0.15, -0.1) is 0 Å². The number of benzene rings is 1. The van der Waals surface area contributed by atoms with Gasteiger partial charge in [-0.3, -0.25) is 4.79 Å². The van der Waals surface area contributed by atoms with Crippen molar-refractivity contribution in [3.8, 4) is 0 Å². The van der Waals surface area contributed by atoms with Crippen LogP contribution in [0, 0.1) is 5.82 Å². The van der Waals surface area contributed by atoms with E-state index in [1.807, 2.05) is 0 Å². The van der Waals surface area contributed by atoms with Gasteiger partial charge in [0.05, 0.1) is 0 Å². The van der Waals surface area contributed by atoms with E-state index >= 15 is 0 Å². The maximum absolute atomic E-state index is 13.0. The van der Waals surface area contributed by atoms with Crippen LogP contribution in [0.15, 0.2) is 24.3 Å². The third kappa shape index (κ3) is 3.13. The predicted molar refractivity (Wildman–Crippen MR) is 71.2 cm³/mol. The van der Waals surface area contributed by atoms with Gasteiger partial charge in [0.25, 0.3) is 0 Å². The lowest BCUT2D eigenvalue weighted by Crippen LogP contribution is -2.42. The molecule has 1 saturated carbocycles. The number of carbonyl (C=O) groups excluding carboxylic acids is 1. The Balaban J connectivity index is 2.14. The second-order valence-electron chi connectivity index (χ2n) is 5.39. The molecule has 0 aliphatic heterocycles. The smallest absolute Gasteiger partial charge is 0.248 e. The number of amides is 1. The summed E-state index contributed by atoms with van der Waals surface area (Å²) in [6.07, 6.45) is 3.20. The maximum Gasteiger partial charge on any atom is 0.248 e. The van der Waals surface area contributed by atoms with Crippen LogP contribution in [-0.4, -0.2) is 23.7 Å². The van der Waals surface area contributed by atoms with Crippen LogP contribution in [0.25, 0.3) is 0 Å². The first-order chi connectivity index (χ1) is 9.03. The Morgan fingerprint density at radius 1 is 1.37 bits per heavy atom. The number of rotatable bonds is 4. The molecule has 0 aromatic heterocycles. The van der Waals surface area contributed by atoms with Gasteiger partial charge in [0.1, 0.15) is 11.9 Å². The van der Waals surface area contributed by atoms with E-state index in [1.165, 1.54) is 19.1 Å². The second kappa shape index (κ2) is 5.70. The van der Waals surface area contributed by atoms with E-state index in [0.29, 0.717) is 6.54 Å². The van der Waals surface area contributed by atoms with Crippen LogP contribution in [0.2, 0.25) is 0 Å². The zero-order valence-corrected chi connectivity index (χ0v) is 11.2. The van der Waals surface area contributed by atoms with Gasteiger partial charge in [0, 0.05) is 12.0 Å². The van der Waals surface area contributed by atoms with Crippen LogP contribution in [0.5, 0.6) is 0 Å². The fraction of sp³-hybridized carbons (Fsp3) is 0.533. The Hall–Kier alpha value is -1.42. The molecule has 1 aromatic rings. The standard InChI is InChI=1S/C15H20FNO2/c1-11(18)14(19)17-10-15(8-2-3-9-15)12-4-6-13(16)7-5-12/h4-7,11,18H,2-3,8-10H2,1H3,(H,17,19). The molecule has 0 radical (unpaired) electrons. The Labute approximate surface area is 112 Å². The van der Waals surface area contributed by atoms with Gasteiger partial charge in [-0.2, -0.15) is 0 Å². The topological polar surface area (TPSA) is 49.3 Å². The van der Waals surface area contributed by atoms with Gasteiger partial charge < -0.3 is 10.4 Å². The zero-order valence-electron chi connectivity index (χ0n) is 11.2. The molecule has 3 nitrogen and oxygen atoms in total. The average Bonchev–Trinajstić information content (AvgIpc) is 2.86. The third-order valence-corrected chi connectivity index (χ3v) is 4.00. The first-order valence-corrected chi connectivity index (χ1v) is 6.75. The fourth-order valence-electron chi connectivity index (χ4n) is 2.83. The van der Waals surface area contributed by atoms with Crippen LogP contribution in [0.4, 0.5) is 4.39 Å². The maximum atomic E-state index is 13.0. The molecule has 4 heteroatoms. The monoisotopic (exact) mass is 265 g/mol. The van der Waals surface area contributed by atoms with Gasteiger partial charge in [-0.05, 0) is 37.5 Å². The summed E-state index contributed by atoms with van der Waals surface area (Å²) < 4.78 is 13.0. The number of carbonyl (C=O) groups is 1. The predicted octanol–water partition coefficient (Wildman–Crippen LogP) is 2.13. The lowest BCUT2D eigenvalue weighted by molar-refractivity contribution is -0.128. The molecule has 2 rings (SSSR count). The minimum absolute atomic E-state index is 0.113. The summed E-state index contributed by atoms with van der Waals surface area (Å²) in [5, 5.41) is 12.0. The molecule has 0 saturated heterocycles. The number of nitrogens with one attached hydrogen (secondary N) is 1. The number of hydrogen-bond acceptors (Lipinski definition) is 2. The average molecular weight is 265 g/mol. The highest BCUT2D eigenvalue weighted by Gasteiger charge is 2.36. The van der Waals surface area contributed by atoms with Crippen LogP contribution in [0.3, 0.4) is 0 Å². The number of halogens is 1. The molecular weight excluding hydrogens is 245 g/mol. The molecule has 19 heavy (non-hydrogen) atoms. The Bertz CT molecular complexity index is 436. The third-order valence-electron chi connectivity index (χ3n) is 4.00. The molecule has 1 aliphatic carbocycles. The van der Waals surface area contributed by atoms with Crippen molar-refractivity contribution in [2.45, 2.75) is 44.1 Å². The van der Waals surface area contributed by atoms with Crippen LogP contribution in [-0.2, 0) is 10.2 Å². The first-order valence-electron chi connectivity index (χ1n) is 6.75. The largest absolute Gasteiger partial charge is 0.384 e. The molecule has 0 heterocycles. The van der Waals surface area contributed by atoms with Crippen LogP contribution >= 0.6 is 0 Å². The van der Waals surface area contributed by atoms with E-state index < -0.39 is 6.10 Å². The van der Waals surface area contributed by atoms with Crippen LogP contribution < -0.4 is 5.32 Å². The van der Waals surface area contributed by atoms with Crippen molar-refractivity contribution in [2.24, 2.45) is 0 Å². The number of aliphatic hydroxyl groups excluding tert-OH is 1. The minimum atomic E-state index is -0.994. The Morgan fingerprint density at radius 3 is 2.47 bits per heavy atom. The molecule has 104 valence electrons. The minimum Gasteiger partial charge on any atom is -0.384 e. The molecule has 1 aliphatic rings. The zero-order chi connectivity index (χ0) is 13.9. The van der Waals surface area contributed by atoms with E-state index in [2.05, 4.69) is 5.32 Å². The number of hydrogen-bond donors (Lipinski definition) is 2. The summed E-state index contributed by atoms with van der Waals surface area (Å²) in [5.41, 5.74) is 0.954. The summed E-state index contributed by atoms with van der Waals surface area (Å²) in [5.74, 6) is -0.599. The van der Waals surface area contributed by atoms with E-state index in [9.17, 15) is 14.3 Å². The fourth-order valence-corrected chi connectivity index (χ4v) is 2.83. The first kappa shape index (κ1) is 14.0. The van der Waals surface area contributed by atoms with Crippen molar-refractivity contribution in [1.29, 1.82) is 0 Å². The summed E-state index contributed by atoms with van der Waals surface area (Å²) in [7, 11) is 0. The van der Waals surface area contributed by atoms with Crippen molar-refractivity contribution in [3.63, 3.8) is 0 Å². The summed E-state index contributed by atoms with van der Waals surface area (Å²) >= 11 is 0. The number of aliphatic hydroxyl groups is 1. The van der Waals surface area contributed by atoms with Gasteiger partial charge in [0.2, 0.25) is 5.91 Å². The molecule has 0 spiro atoms. The molecular formula is C15H20FNO2. The molecule has 1 fully saturated rings. The summed E-state index contributed by atoms with van der Waals surface area (Å²) in [4.78, 5) is 11.5. The molecule has 2 N–H and O–H groups in total. The van der Waals surface area contributed by atoms with E-state index in [0.717, 1.165) is 31.2 Å². The quantitative estimate of drug-likeness (QED) is 0.876. The SMILES string of the molecule is CC(O)C(=O)NCC1(c2ccc(F)cc2)CCCC1. The van der Waals surface area contributed by atoms with Crippen molar-refractivity contribution in [3.05, 3.63) is 35.6 Å². The highest BCUT2D eigenvalue weighted by Crippen LogP contribution is 2.40. The lowest BCUT2D eigenvalue weighted by atomic mass is 9.79. The van der Waals surface area contributed by atoms with Crippen molar-refractivity contribution in [1.82, 2.24) is 5.32 Å². The van der Waals surface area contributed by atoms with Crippen molar-refractivity contribution >= 4 is 5.91 Å². The molecule has 1 aromatic carbocycles. The van der Waals surface area contributed by atoms with E-state index in [4.69, 9.17) is 0 Å². The Morgan fingerprint density at radius 2 is 1.95 bits per heavy atom. The molecule has 1 unspecified atom stereocenters. The second-order valence-corrected chi connectivity index (χ2v) is 5.39. The Kier molecular flexibility index (Phi) is 4.20. The van der Waals surface area contributed by atoms with E-state index in [-0.39, 0.29) is 17.1 Å². The molecule has 0 bridgehead atoms. The summed E-state index contributed by atoms with van der Waals surface area (Å²) in [6, 6.07) is 6.53. The van der Waals surface area contributed by atoms with Gasteiger partial charge in [-0.1, -0.05) is 25.0 Å². The van der Waals surface area contributed by atoms with E-state index in [1.54, 1.807) is 12.1 Å².